The van der Waals surface area contributed by atoms with E-state index in [2.05, 4.69) is 20.6 Å². The third-order valence-corrected chi connectivity index (χ3v) is 5.65. The van der Waals surface area contributed by atoms with Crippen LogP contribution in [0.15, 0.2) is 35.9 Å². The number of hydrogen-bond acceptors (Lipinski definition) is 5. The highest BCUT2D eigenvalue weighted by Crippen LogP contribution is 2.31. The molecule has 0 radical (unpaired) electrons. The van der Waals surface area contributed by atoms with Gasteiger partial charge in [-0.1, -0.05) is 11.8 Å². The van der Waals surface area contributed by atoms with Crippen LogP contribution in [0.25, 0.3) is 5.69 Å². The fraction of sp³-hybridized carbons (Fsp3) is 0.333. The van der Waals surface area contributed by atoms with Crippen LogP contribution in [0.1, 0.15) is 30.1 Å². The van der Waals surface area contributed by atoms with Crippen molar-refractivity contribution in [1.29, 1.82) is 0 Å². The zero-order valence-electron chi connectivity index (χ0n) is 15.1. The predicted octanol–water partition coefficient (Wildman–Crippen LogP) is 2.56. The minimum absolute atomic E-state index is 0.115. The van der Waals surface area contributed by atoms with E-state index in [1.807, 2.05) is 7.05 Å². The van der Waals surface area contributed by atoms with Crippen LogP contribution < -0.4 is 5.32 Å². The highest BCUT2D eigenvalue weighted by atomic mass is 32.2. The fourth-order valence-electron chi connectivity index (χ4n) is 3.36. The standard InChI is InChI=1S/C18H18F2N6OS/c1-25-10-21-24-18(25)28-9-17(27)23-15-3-2-4-16-14(15)8-22-26(16)13-6-11(19)5-12(20)7-13/h5-8,10,15H,2-4,9H2,1H3,(H,23,27)/t15-/m1/s1. The summed E-state index contributed by atoms with van der Waals surface area (Å²) in [5, 5.41) is 15.7. The average molecular weight is 404 g/mol. The number of nitrogens with one attached hydrogen (secondary N) is 1. The van der Waals surface area contributed by atoms with Crippen LogP contribution in [0.2, 0.25) is 0 Å². The Balaban J connectivity index is 1.49. The molecule has 1 aliphatic rings. The summed E-state index contributed by atoms with van der Waals surface area (Å²) < 4.78 is 30.5. The molecule has 10 heteroatoms. The molecule has 7 nitrogen and oxygen atoms in total. The van der Waals surface area contributed by atoms with Crippen molar-refractivity contribution in [2.24, 2.45) is 7.05 Å². The van der Waals surface area contributed by atoms with Crippen molar-refractivity contribution in [3.05, 3.63) is 53.6 Å². The second-order valence-corrected chi connectivity index (χ2v) is 7.55. The minimum atomic E-state index is -0.652. The molecular formula is C18H18F2N6OS. The summed E-state index contributed by atoms with van der Waals surface area (Å²) in [5.74, 6) is -1.20. The number of fused-ring (bicyclic) bond motifs is 1. The summed E-state index contributed by atoms with van der Waals surface area (Å²) in [5.41, 5.74) is 2.08. The Hall–Kier alpha value is -2.75. The second kappa shape index (κ2) is 7.70. The summed E-state index contributed by atoms with van der Waals surface area (Å²) >= 11 is 1.31. The van der Waals surface area contributed by atoms with Gasteiger partial charge in [-0.25, -0.2) is 13.5 Å². The Morgan fingerprint density at radius 2 is 2.11 bits per heavy atom. The molecular weight excluding hydrogens is 386 g/mol. The van der Waals surface area contributed by atoms with E-state index in [0.29, 0.717) is 10.8 Å². The Morgan fingerprint density at radius 3 is 2.82 bits per heavy atom. The predicted molar refractivity (Wildman–Crippen MR) is 99.0 cm³/mol. The topological polar surface area (TPSA) is 77.6 Å². The molecule has 1 aromatic carbocycles. The van der Waals surface area contributed by atoms with Gasteiger partial charge < -0.3 is 9.88 Å². The van der Waals surface area contributed by atoms with E-state index in [-0.39, 0.29) is 17.7 Å². The fourth-order valence-corrected chi connectivity index (χ4v) is 4.06. The highest BCUT2D eigenvalue weighted by molar-refractivity contribution is 7.99. The van der Waals surface area contributed by atoms with Gasteiger partial charge in [-0.2, -0.15) is 5.10 Å². The lowest BCUT2D eigenvalue weighted by Crippen LogP contribution is -2.32. The monoisotopic (exact) mass is 404 g/mol. The smallest absolute Gasteiger partial charge is 0.230 e. The van der Waals surface area contributed by atoms with Crippen molar-refractivity contribution in [3.63, 3.8) is 0 Å². The number of aromatic nitrogens is 5. The molecule has 2 aromatic heterocycles. The molecule has 0 unspecified atom stereocenters. The summed E-state index contributed by atoms with van der Waals surface area (Å²) in [6, 6.07) is 3.15. The van der Waals surface area contributed by atoms with Crippen LogP contribution in [0.3, 0.4) is 0 Å². The lowest BCUT2D eigenvalue weighted by Gasteiger charge is -2.24. The first-order chi connectivity index (χ1) is 13.5. The van der Waals surface area contributed by atoms with Crippen molar-refractivity contribution in [2.45, 2.75) is 30.5 Å². The molecule has 1 N–H and O–H groups in total. The quantitative estimate of drug-likeness (QED) is 0.662. The van der Waals surface area contributed by atoms with Gasteiger partial charge in [0.15, 0.2) is 5.16 Å². The summed E-state index contributed by atoms with van der Waals surface area (Å²) in [6.07, 6.45) is 5.61. The Kier molecular flexibility index (Phi) is 5.12. The van der Waals surface area contributed by atoms with E-state index < -0.39 is 11.6 Å². The van der Waals surface area contributed by atoms with Gasteiger partial charge in [0.1, 0.15) is 18.0 Å². The maximum atomic E-state index is 13.6. The van der Waals surface area contributed by atoms with Crippen LogP contribution in [-0.4, -0.2) is 36.2 Å². The second-order valence-electron chi connectivity index (χ2n) is 6.61. The molecule has 1 amide bonds. The molecule has 4 rings (SSSR count). The molecule has 0 fully saturated rings. The van der Waals surface area contributed by atoms with Crippen LogP contribution >= 0.6 is 11.8 Å². The molecule has 28 heavy (non-hydrogen) atoms. The number of hydrogen-bond donors (Lipinski definition) is 1. The largest absolute Gasteiger partial charge is 0.348 e. The van der Waals surface area contributed by atoms with Crippen molar-refractivity contribution < 1.29 is 13.6 Å². The van der Waals surface area contributed by atoms with Gasteiger partial charge in [0.05, 0.1) is 23.7 Å². The SMILES string of the molecule is Cn1cnnc1SCC(=O)N[C@@H]1CCCc2c1cnn2-c1cc(F)cc(F)c1. The first-order valence-electron chi connectivity index (χ1n) is 8.80. The molecule has 3 aromatic rings. The van der Waals surface area contributed by atoms with E-state index in [9.17, 15) is 13.6 Å². The number of aryl methyl sites for hydroxylation is 1. The summed E-state index contributed by atoms with van der Waals surface area (Å²) in [7, 11) is 1.82. The molecule has 146 valence electrons. The molecule has 0 saturated heterocycles. The number of halogens is 2. The van der Waals surface area contributed by atoms with E-state index in [0.717, 1.165) is 36.6 Å². The van der Waals surface area contributed by atoms with Crippen LogP contribution in [0, 0.1) is 11.6 Å². The summed E-state index contributed by atoms with van der Waals surface area (Å²) in [6.45, 7) is 0. The molecule has 0 spiro atoms. The number of thioether (sulfide) groups is 1. The Labute approximate surface area is 164 Å². The zero-order chi connectivity index (χ0) is 19.7. The van der Waals surface area contributed by atoms with Gasteiger partial charge in [-0.15, -0.1) is 10.2 Å². The van der Waals surface area contributed by atoms with Crippen LogP contribution in [0.5, 0.6) is 0 Å². The molecule has 1 aliphatic carbocycles. The van der Waals surface area contributed by atoms with Crippen molar-refractivity contribution in [1.82, 2.24) is 29.9 Å². The van der Waals surface area contributed by atoms with Crippen molar-refractivity contribution in [2.75, 3.05) is 5.75 Å². The number of carbonyl (C=O) groups excluding carboxylic acids is 1. The number of rotatable bonds is 5. The molecule has 0 aliphatic heterocycles. The van der Waals surface area contributed by atoms with E-state index in [4.69, 9.17) is 0 Å². The molecule has 0 saturated carbocycles. The lowest BCUT2D eigenvalue weighted by atomic mass is 9.93. The van der Waals surface area contributed by atoms with Gasteiger partial charge >= 0.3 is 0 Å². The van der Waals surface area contributed by atoms with Crippen molar-refractivity contribution in [3.8, 4) is 5.69 Å². The maximum Gasteiger partial charge on any atom is 0.230 e. The van der Waals surface area contributed by atoms with E-state index in [1.54, 1.807) is 21.8 Å². The first-order valence-corrected chi connectivity index (χ1v) is 9.79. The number of nitrogens with zero attached hydrogens (tertiary/aromatic N) is 5. The molecule has 0 bridgehead atoms. The van der Waals surface area contributed by atoms with Crippen molar-refractivity contribution >= 4 is 17.7 Å². The third kappa shape index (κ3) is 3.77. The van der Waals surface area contributed by atoms with Gasteiger partial charge in [0, 0.05) is 24.4 Å². The minimum Gasteiger partial charge on any atom is -0.348 e. The zero-order valence-corrected chi connectivity index (χ0v) is 15.9. The number of amides is 1. The summed E-state index contributed by atoms with van der Waals surface area (Å²) in [4.78, 5) is 12.4. The van der Waals surface area contributed by atoms with E-state index in [1.165, 1.54) is 23.9 Å². The average Bonchev–Trinajstić information content (AvgIpc) is 3.26. The molecule has 1 atom stereocenters. The molecule has 2 heterocycles. The van der Waals surface area contributed by atoms with Gasteiger partial charge in [-0.3, -0.25) is 4.79 Å². The Bertz CT molecular complexity index is 997. The van der Waals surface area contributed by atoms with Gasteiger partial charge in [-0.05, 0) is 31.4 Å². The van der Waals surface area contributed by atoms with Gasteiger partial charge in [0.25, 0.3) is 0 Å². The maximum absolute atomic E-state index is 13.6. The highest BCUT2D eigenvalue weighted by Gasteiger charge is 2.26. The lowest BCUT2D eigenvalue weighted by molar-refractivity contribution is -0.119. The Morgan fingerprint density at radius 1 is 1.32 bits per heavy atom. The van der Waals surface area contributed by atoms with Gasteiger partial charge in [0.2, 0.25) is 5.91 Å². The van der Waals surface area contributed by atoms with E-state index >= 15 is 0 Å². The van der Waals surface area contributed by atoms with Crippen LogP contribution in [-0.2, 0) is 18.3 Å². The van der Waals surface area contributed by atoms with Crippen LogP contribution in [0.4, 0.5) is 8.78 Å². The normalized spacial score (nSPS) is 16.0. The third-order valence-electron chi connectivity index (χ3n) is 4.61. The number of carbonyl (C=O) groups is 1. The number of benzene rings is 1. The first kappa shape index (κ1) is 18.6.